The van der Waals surface area contributed by atoms with Crippen LogP contribution in [-0.2, 0) is 4.79 Å². The third-order valence-electron chi connectivity index (χ3n) is 4.29. The Hall–Kier alpha value is -2.73. The maximum absolute atomic E-state index is 11.9. The third-order valence-corrected chi connectivity index (χ3v) is 4.54. The molecule has 0 radical (unpaired) electrons. The number of nitrogens with zero attached hydrogens (tertiary/aromatic N) is 2. The van der Waals surface area contributed by atoms with Gasteiger partial charge in [-0.1, -0.05) is 11.6 Å². The number of nitrogens with one attached hydrogen (secondary N) is 2. The Labute approximate surface area is 171 Å². The second-order valence-corrected chi connectivity index (χ2v) is 6.68. The summed E-state index contributed by atoms with van der Waals surface area (Å²) < 4.78 is 0. The smallest absolute Gasteiger partial charge is 0.240 e. The van der Waals surface area contributed by atoms with Crippen molar-refractivity contribution in [2.24, 2.45) is 5.10 Å². The summed E-state index contributed by atoms with van der Waals surface area (Å²) >= 11 is 5.84. The minimum absolute atomic E-state index is 0.134. The van der Waals surface area contributed by atoms with Gasteiger partial charge in [0.15, 0.2) is 0 Å². The molecule has 1 amide bonds. The summed E-state index contributed by atoms with van der Waals surface area (Å²) in [7, 11) is 0. The first-order valence-electron chi connectivity index (χ1n) is 9.42. The highest BCUT2D eigenvalue weighted by Crippen LogP contribution is 2.23. The van der Waals surface area contributed by atoms with Gasteiger partial charge in [-0.05, 0) is 56.7 Å². The van der Waals surface area contributed by atoms with Crippen molar-refractivity contribution in [2.75, 3.05) is 29.9 Å². The molecule has 0 aliphatic heterocycles. The lowest BCUT2D eigenvalue weighted by atomic mass is 10.2. The molecule has 0 spiro atoms. The van der Waals surface area contributed by atoms with Gasteiger partial charge >= 0.3 is 0 Å². The lowest BCUT2D eigenvalue weighted by Gasteiger charge is -2.21. The van der Waals surface area contributed by atoms with Crippen molar-refractivity contribution >= 4 is 35.1 Å². The van der Waals surface area contributed by atoms with E-state index in [1.165, 1.54) is 6.21 Å². The second kappa shape index (κ2) is 11.2. The van der Waals surface area contributed by atoms with E-state index in [4.69, 9.17) is 11.6 Å². The molecule has 0 fully saturated rings. The van der Waals surface area contributed by atoms with Crippen molar-refractivity contribution in [3.8, 4) is 5.75 Å². The van der Waals surface area contributed by atoms with Crippen LogP contribution in [0.15, 0.2) is 47.6 Å². The van der Waals surface area contributed by atoms with Crippen LogP contribution >= 0.6 is 11.6 Å². The van der Waals surface area contributed by atoms with Gasteiger partial charge in [0.25, 0.3) is 0 Å². The topological polar surface area (TPSA) is 77.0 Å². The number of rotatable bonds is 10. The van der Waals surface area contributed by atoms with Gasteiger partial charge in [0.05, 0.1) is 6.21 Å². The number of phenols is 1. The molecule has 0 aromatic heterocycles. The van der Waals surface area contributed by atoms with Gasteiger partial charge in [0.1, 0.15) is 5.75 Å². The van der Waals surface area contributed by atoms with Gasteiger partial charge in [-0.15, -0.1) is 0 Å². The zero-order valence-corrected chi connectivity index (χ0v) is 17.0. The van der Waals surface area contributed by atoms with E-state index in [0.29, 0.717) is 30.0 Å². The molecule has 2 aromatic rings. The summed E-state index contributed by atoms with van der Waals surface area (Å²) in [6, 6.07) is 12.8. The Morgan fingerprint density at radius 2 is 1.89 bits per heavy atom. The number of hydrazone groups is 1. The number of hydrogen-bond acceptors (Lipinski definition) is 5. The highest BCUT2D eigenvalue weighted by atomic mass is 35.5. The van der Waals surface area contributed by atoms with E-state index in [0.717, 1.165) is 24.5 Å². The van der Waals surface area contributed by atoms with Gasteiger partial charge in [-0.3, -0.25) is 4.79 Å². The van der Waals surface area contributed by atoms with Crippen molar-refractivity contribution in [2.45, 2.75) is 26.7 Å². The highest BCUT2D eigenvalue weighted by Gasteiger charge is 2.06. The number of halogens is 1. The average Bonchev–Trinajstić information content (AvgIpc) is 2.69. The molecule has 2 rings (SSSR count). The molecule has 28 heavy (non-hydrogen) atoms. The fraction of sp³-hybridized carbons (Fsp3) is 0.333. The molecule has 2 aromatic carbocycles. The number of phenolic OH excluding ortho intramolecular Hbond substituents is 1. The molecule has 0 heterocycles. The van der Waals surface area contributed by atoms with Crippen LogP contribution in [-0.4, -0.2) is 36.9 Å². The molecule has 0 atom stereocenters. The van der Waals surface area contributed by atoms with Crippen molar-refractivity contribution in [3.05, 3.63) is 53.1 Å². The van der Waals surface area contributed by atoms with Crippen LogP contribution in [0.25, 0.3) is 0 Å². The summed E-state index contributed by atoms with van der Waals surface area (Å²) in [6.07, 6.45) is 2.48. The number of carbonyl (C=O) groups excluding carboxylic acids is 1. The SMILES string of the molecule is CCN(CC)c1ccc(/C=N/NC(=O)CCCNc2ccc(Cl)cc2)c(O)c1. The normalized spacial score (nSPS) is 10.8. The number of hydrogen-bond donors (Lipinski definition) is 3. The average molecular weight is 403 g/mol. The van der Waals surface area contributed by atoms with Gasteiger partial charge in [-0.2, -0.15) is 5.10 Å². The largest absolute Gasteiger partial charge is 0.507 e. The zero-order chi connectivity index (χ0) is 20.4. The molecule has 150 valence electrons. The van der Waals surface area contributed by atoms with Crippen molar-refractivity contribution in [1.82, 2.24) is 5.43 Å². The maximum atomic E-state index is 11.9. The highest BCUT2D eigenvalue weighted by molar-refractivity contribution is 6.30. The van der Waals surface area contributed by atoms with Crippen LogP contribution in [0.4, 0.5) is 11.4 Å². The van der Waals surface area contributed by atoms with E-state index in [1.54, 1.807) is 12.1 Å². The van der Waals surface area contributed by atoms with Crippen LogP contribution in [0, 0.1) is 0 Å². The Morgan fingerprint density at radius 3 is 2.54 bits per heavy atom. The first kappa shape index (κ1) is 21.6. The fourth-order valence-corrected chi connectivity index (χ4v) is 2.83. The number of aromatic hydroxyl groups is 1. The van der Waals surface area contributed by atoms with Crippen molar-refractivity contribution < 1.29 is 9.90 Å². The minimum Gasteiger partial charge on any atom is -0.507 e. The maximum Gasteiger partial charge on any atom is 0.240 e. The summed E-state index contributed by atoms with van der Waals surface area (Å²) in [5.74, 6) is -0.0389. The van der Waals surface area contributed by atoms with Crippen molar-refractivity contribution in [3.63, 3.8) is 0 Å². The van der Waals surface area contributed by atoms with Crippen molar-refractivity contribution in [1.29, 1.82) is 0 Å². The molecule has 0 bridgehead atoms. The zero-order valence-electron chi connectivity index (χ0n) is 16.3. The van der Waals surface area contributed by atoms with E-state index in [1.807, 2.05) is 30.3 Å². The molecular weight excluding hydrogens is 376 g/mol. The van der Waals surface area contributed by atoms with E-state index >= 15 is 0 Å². The predicted molar refractivity (Wildman–Crippen MR) is 117 cm³/mol. The quantitative estimate of drug-likeness (QED) is 0.315. The molecule has 0 saturated carbocycles. The monoisotopic (exact) mass is 402 g/mol. The Morgan fingerprint density at radius 1 is 1.18 bits per heavy atom. The van der Waals surface area contributed by atoms with Gasteiger partial charge in [0, 0.05) is 54.1 Å². The molecule has 0 saturated heterocycles. The molecule has 7 heteroatoms. The summed E-state index contributed by atoms with van der Waals surface area (Å²) in [4.78, 5) is 14.0. The number of anilines is 2. The Balaban J connectivity index is 1.74. The summed E-state index contributed by atoms with van der Waals surface area (Å²) in [5, 5.41) is 18.0. The number of benzene rings is 2. The predicted octanol–water partition coefficient (Wildman–Crippen LogP) is 4.23. The van der Waals surface area contributed by atoms with E-state index in [-0.39, 0.29) is 11.7 Å². The van der Waals surface area contributed by atoms with Gasteiger partial charge in [-0.25, -0.2) is 5.43 Å². The Bertz CT molecular complexity index is 789. The summed E-state index contributed by atoms with van der Waals surface area (Å²) in [5.41, 5.74) is 4.96. The number of carbonyl (C=O) groups is 1. The Kier molecular flexibility index (Phi) is 8.62. The van der Waals surface area contributed by atoms with E-state index in [2.05, 4.69) is 34.6 Å². The molecule has 0 unspecified atom stereocenters. The molecular formula is C21H27ClN4O2. The van der Waals surface area contributed by atoms with Crippen LogP contribution in [0.2, 0.25) is 5.02 Å². The lowest BCUT2D eigenvalue weighted by Crippen LogP contribution is -2.21. The second-order valence-electron chi connectivity index (χ2n) is 6.25. The standard InChI is InChI=1S/C21H27ClN4O2/c1-3-26(4-2)19-12-7-16(20(27)14-19)15-24-25-21(28)6-5-13-23-18-10-8-17(22)9-11-18/h7-12,14-15,23,27H,3-6,13H2,1-2H3,(H,25,28)/b24-15+. The molecule has 3 N–H and O–H groups in total. The number of amides is 1. The first-order chi connectivity index (χ1) is 13.5. The van der Waals surface area contributed by atoms with Crippen LogP contribution in [0.5, 0.6) is 5.75 Å². The van der Waals surface area contributed by atoms with Gasteiger partial charge in [0.2, 0.25) is 5.91 Å². The molecule has 6 nitrogen and oxygen atoms in total. The first-order valence-corrected chi connectivity index (χ1v) is 9.80. The lowest BCUT2D eigenvalue weighted by molar-refractivity contribution is -0.121. The van der Waals surface area contributed by atoms with Crippen LogP contribution in [0.3, 0.4) is 0 Å². The summed E-state index contributed by atoms with van der Waals surface area (Å²) in [6.45, 7) is 6.54. The van der Waals surface area contributed by atoms with E-state index in [9.17, 15) is 9.90 Å². The third kappa shape index (κ3) is 6.78. The van der Waals surface area contributed by atoms with Gasteiger partial charge < -0.3 is 15.3 Å². The van der Waals surface area contributed by atoms with Crippen LogP contribution in [0.1, 0.15) is 32.3 Å². The van der Waals surface area contributed by atoms with E-state index < -0.39 is 0 Å². The molecule has 0 aliphatic rings. The minimum atomic E-state index is -0.173. The molecule has 0 aliphatic carbocycles. The fourth-order valence-electron chi connectivity index (χ4n) is 2.71. The van der Waals surface area contributed by atoms with Crippen LogP contribution < -0.4 is 15.6 Å².